The normalized spacial score (nSPS) is 10.5. The van der Waals surface area contributed by atoms with Crippen LogP contribution in [0.5, 0.6) is 0 Å². The van der Waals surface area contributed by atoms with E-state index in [0.29, 0.717) is 23.6 Å². The molecule has 0 aliphatic carbocycles. The van der Waals surface area contributed by atoms with Gasteiger partial charge < -0.3 is 10.6 Å². The number of benzene rings is 2. The van der Waals surface area contributed by atoms with Crippen molar-refractivity contribution in [1.82, 2.24) is 5.32 Å². The van der Waals surface area contributed by atoms with E-state index in [0.717, 1.165) is 17.7 Å². The highest BCUT2D eigenvalue weighted by Crippen LogP contribution is 2.24. The maximum absolute atomic E-state index is 12.4. The molecule has 0 saturated heterocycles. The largest absolute Gasteiger partial charge is 0.352 e. The smallest absolute Gasteiger partial charge is 0.255 e. The monoisotopic (exact) mass is 324 g/mol. The van der Waals surface area contributed by atoms with Gasteiger partial charge in [-0.1, -0.05) is 39.0 Å². The average molecular weight is 324 g/mol. The highest BCUT2D eigenvalue weighted by Gasteiger charge is 2.12. The molecule has 2 aromatic carbocycles. The van der Waals surface area contributed by atoms with Crippen LogP contribution in [0.25, 0.3) is 0 Å². The van der Waals surface area contributed by atoms with Crippen LogP contribution in [0.2, 0.25) is 0 Å². The second-order valence-corrected chi connectivity index (χ2v) is 6.03. The fourth-order valence-corrected chi connectivity index (χ4v) is 2.42. The first-order valence-electron chi connectivity index (χ1n) is 8.31. The summed E-state index contributed by atoms with van der Waals surface area (Å²) in [6.45, 7) is 6.83. The molecule has 0 spiro atoms. The van der Waals surface area contributed by atoms with Gasteiger partial charge in [-0.05, 0) is 48.2 Å². The number of hydrogen-bond donors (Lipinski definition) is 2. The Morgan fingerprint density at radius 1 is 0.917 bits per heavy atom. The molecule has 0 bridgehead atoms. The van der Waals surface area contributed by atoms with Gasteiger partial charge in [-0.2, -0.15) is 0 Å². The minimum absolute atomic E-state index is 0.117. The fourth-order valence-electron chi connectivity index (χ4n) is 2.42. The lowest BCUT2D eigenvalue weighted by Crippen LogP contribution is -2.24. The lowest BCUT2D eigenvalue weighted by atomic mass is 10.0. The zero-order chi connectivity index (χ0) is 17.5. The molecular formula is C20H24N2O2. The van der Waals surface area contributed by atoms with E-state index in [4.69, 9.17) is 0 Å². The van der Waals surface area contributed by atoms with Crippen LogP contribution in [0.4, 0.5) is 5.69 Å². The molecular weight excluding hydrogens is 300 g/mol. The summed E-state index contributed by atoms with van der Waals surface area (Å²) in [5, 5.41) is 5.77. The summed E-state index contributed by atoms with van der Waals surface area (Å²) >= 11 is 0. The standard InChI is InChI=1S/C20H24N2O2/c1-4-13-21-19(23)15-9-11-16(12-10-15)20(24)22-18-8-6-5-7-17(18)14(2)3/h5-12,14H,4,13H2,1-3H3,(H,21,23)(H,22,24). The van der Waals surface area contributed by atoms with Crippen LogP contribution in [-0.4, -0.2) is 18.4 Å². The van der Waals surface area contributed by atoms with E-state index in [2.05, 4.69) is 24.5 Å². The van der Waals surface area contributed by atoms with E-state index in [-0.39, 0.29) is 11.8 Å². The zero-order valence-electron chi connectivity index (χ0n) is 14.4. The van der Waals surface area contributed by atoms with Crippen LogP contribution >= 0.6 is 0 Å². The van der Waals surface area contributed by atoms with Gasteiger partial charge in [-0.3, -0.25) is 9.59 Å². The van der Waals surface area contributed by atoms with E-state index in [9.17, 15) is 9.59 Å². The van der Waals surface area contributed by atoms with Crippen molar-refractivity contribution in [1.29, 1.82) is 0 Å². The number of carbonyl (C=O) groups excluding carboxylic acids is 2. The average Bonchev–Trinajstić information content (AvgIpc) is 2.60. The van der Waals surface area contributed by atoms with E-state index in [1.54, 1.807) is 24.3 Å². The Balaban J connectivity index is 2.10. The fraction of sp³-hybridized carbons (Fsp3) is 0.300. The molecule has 0 fully saturated rings. The topological polar surface area (TPSA) is 58.2 Å². The van der Waals surface area contributed by atoms with E-state index >= 15 is 0 Å². The SMILES string of the molecule is CCCNC(=O)c1ccc(C(=O)Nc2ccccc2C(C)C)cc1. The van der Waals surface area contributed by atoms with Gasteiger partial charge in [-0.15, -0.1) is 0 Å². The molecule has 2 rings (SSSR count). The van der Waals surface area contributed by atoms with Gasteiger partial charge in [0.2, 0.25) is 0 Å². The Labute approximate surface area is 143 Å². The molecule has 0 heterocycles. The minimum Gasteiger partial charge on any atom is -0.352 e. The molecule has 0 saturated carbocycles. The third kappa shape index (κ3) is 4.44. The summed E-state index contributed by atoms with van der Waals surface area (Å²) < 4.78 is 0. The first-order chi connectivity index (χ1) is 11.5. The molecule has 24 heavy (non-hydrogen) atoms. The van der Waals surface area contributed by atoms with Crippen LogP contribution in [0.15, 0.2) is 48.5 Å². The number of nitrogens with one attached hydrogen (secondary N) is 2. The first-order valence-corrected chi connectivity index (χ1v) is 8.31. The van der Waals surface area contributed by atoms with Crippen molar-refractivity contribution in [2.75, 3.05) is 11.9 Å². The highest BCUT2D eigenvalue weighted by molar-refractivity contribution is 6.05. The van der Waals surface area contributed by atoms with Crippen LogP contribution in [-0.2, 0) is 0 Å². The molecule has 0 aliphatic rings. The lowest BCUT2D eigenvalue weighted by Gasteiger charge is -2.13. The molecule has 0 radical (unpaired) electrons. The summed E-state index contributed by atoms with van der Waals surface area (Å²) in [4.78, 5) is 24.3. The summed E-state index contributed by atoms with van der Waals surface area (Å²) in [7, 11) is 0. The molecule has 0 aromatic heterocycles. The summed E-state index contributed by atoms with van der Waals surface area (Å²) in [5.74, 6) is 0.0312. The Bertz CT molecular complexity index is 706. The van der Waals surface area contributed by atoms with Gasteiger partial charge in [0, 0.05) is 23.4 Å². The molecule has 2 N–H and O–H groups in total. The molecule has 4 nitrogen and oxygen atoms in total. The van der Waals surface area contributed by atoms with Crippen molar-refractivity contribution in [3.8, 4) is 0 Å². The first kappa shape index (κ1) is 17.7. The highest BCUT2D eigenvalue weighted by atomic mass is 16.2. The van der Waals surface area contributed by atoms with Crippen LogP contribution in [0, 0.1) is 0 Å². The van der Waals surface area contributed by atoms with Gasteiger partial charge >= 0.3 is 0 Å². The van der Waals surface area contributed by atoms with Crippen molar-refractivity contribution in [2.24, 2.45) is 0 Å². The number of amides is 2. The Morgan fingerprint density at radius 2 is 1.50 bits per heavy atom. The minimum atomic E-state index is -0.177. The Hall–Kier alpha value is -2.62. The summed E-state index contributed by atoms with van der Waals surface area (Å²) in [5.41, 5.74) is 3.01. The van der Waals surface area contributed by atoms with Gasteiger partial charge in [0.05, 0.1) is 0 Å². The lowest BCUT2D eigenvalue weighted by molar-refractivity contribution is 0.0951. The Kier molecular flexibility index (Phi) is 6.13. The van der Waals surface area contributed by atoms with Crippen LogP contribution in [0.1, 0.15) is 59.4 Å². The quantitative estimate of drug-likeness (QED) is 0.836. The third-order valence-electron chi connectivity index (χ3n) is 3.78. The molecule has 0 aliphatic heterocycles. The molecule has 0 unspecified atom stereocenters. The molecule has 2 aromatic rings. The van der Waals surface area contributed by atoms with Crippen LogP contribution < -0.4 is 10.6 Å². The maximum atomic E-state index is 12.4. The molecule has 2 amide bonds. The van der Waals surface area contributed by atoms with Crippen molar-refractivity contribution in [2.45, 2.75) is 33.1 Å². The van der Waals surface area contributed by atoms with Crippen molar-refractivity contribution in [3.05, 3.63) is 65.2 Å². The molecule has 126 valence electrons. The number of anilines is 1. The van der Waals surface area contributed by atoms with Gasteiger partial charge in [-0.25, -0.2) is 0 Å². The number of carbonyl (C=O) groups is 2. The number of hydrogen-bond acceptors (Lipinski definition) is 2. The van der Waals surface area contributed by atoms with Crippen molar-refractivity contribution < 1.29 is 9.59 Å². The van der Waals surface area contributed by atoms with Crippen LogP contribution in [0.3, 0.4) is 0 Å². The predicted octanol–water partition coefficient (Wildman–Crippen LogP) is 4.20. The third-order valence-corrected chi connectivity index (χ3v) is 3.78. The second-order valence-electron chi connectivity index (χ2n) is 6.03. The Morgan fingerprint density at radius 3 is 2.08 bits per heavy atom. The zero-order valence-corrected chi connectivity index (χ0v) is 14.4. The molecule has 0 atom stereocenters. The van der Waals surface area contributed by atoms with E-state index in [1.807, 2.05) is 31.2 Å². The summed E-state index contributed by atoms with van der Waals surface area (Å²) in [6, 6.07) is 14.5. The van der Waals surface area contributed by atoms with Gasteiger partial charge in [0.1, 0.15) is 0 Å². The predicted molar refractivity (Wildman–Crippen MR) is 97.6 cm³/mol. The number of rotatable bonds is 6. The number of para-hydroxylation sites is 1. The molecule has 4 heteroatoms. The van der Waals surface area contributed by atoms with Gasteiger partial charge in [0.15, 0.2) is 0 Å². The second kappa shape index (κ2) is 8.29. The van der Waals surface area contributed by atoms with Crippen molar-refractivity contribution in [3.63, 3.8) is 0 Å². The van der Waals surface area contributed by atoms with Gasteiger partial charge in [0.25, 0.3) is 11.8 Å². The summed E-state index contributed by atoms with van der Waals surface area (Å²) in [6.07, 6.45) is 0.890. The van der Waals surface area contributed by atoms with Crippen molar-refractivity contribution >= 4 is 17.5 Å². The maximum Gasteiger partial charge on any atom is 0.255 e. The van der Waals surface area contributed by atoms with E-state index < -0.39 is 0 Å². The van der Waals surface area contributed by atoms with E-state index in [1.165, 1.54) is 0 Å².